The fraction of sp³-hybridized carbons (Fsp3) is 0.500. The van der Waals surface area contributed by atoms with E-state index in [0.29, 0.717) is 24.3 Å². The van der Waals surface area contributed by atoms with Crippen molar-refractivity contribution in [2.24, 2.45) is 0 Å². The van der Waals surface area contributed by atoms with Gasteiger partial charge in [0.2, 0.25) is 5.91 Å². The summed E-state index contributed by atoms with van der Waals surface area (Å²) in [5, 5.41) is 13.4. The third kappa shape index (κ3) is 2.51. The third-order valence-corrected chi connectivity index (χ3v) is 4.27. The van der Waals surface area contributed by atoms with Gasteiger partial charge in [-0.15, -0.1) is 0 Å². The Hall–Kier alpha value is -1.95. The molecule has 0 radical (unpaired) electrons. The molecule has 3 rings (SSSR count). The number of fused-ring (bicyclic) bond motifs is 2. The summed E-state index contributed by atoms with van der Waals surface area (Å²) in [6.45, 7) is 0.387. The number of rotatable bonds is 4. The van der Waals surface area contributed by atoms with Gasteiger partial charge >= 0.3 is 0 Å². The van der Waals surface area contributed by atoms with Crippen molar-refractivity contribution < 1.29 is 9.72 Å². The van der Waals surface area contributed by atoms with Gasteiger partial charge in [-0.25, -0.2) is 0 Å². The van der Waals surface area contributed by atoms with Crippen molar-refractivity contribution in [3.05, 3.63) is 34.4 Å². The number of anilines is 1. The minimum absolute atomic E-state index is 0.0101. The Kier molecular flexibility index (Phi) is 3.40. The molecule has 0 aromatic heterocycles. The average Bonchev–Trinajstić information content (AvgIpc) is 2.98. The third-order valence-electron chi connectivity index (χ3n) is 4.27. The van der Waals surface area contributed by atoms with Crippen LogP contribution in [-0.4, -0.2) is 34.4 Å². The Labute approximate surface area is 116 Å². The molecule has 2 aliphatic rings. The van der Waals surface area contributed by atoms with E-state index in [0.717, 1.165) is 0 Å². The standard InChI is InChI=1S/C14H17N3O3/c18-14(9-16-11-4-5-12(16)7-6-11)15-10-2-1-3-13(8-10)17(19)20/h1-3,8,11-12H,4-7,9H2,(H,15,18). The van der Waals surface area contributed by atoms with Crippen molar-refractivity contribution in [2.45, 2.75) is 37.8 Å². The summed E-state index contributed by atoms with van der Waals surface area (Å²) in [6.07, 6.45) is 4.76. The van der Waals surface area contributed by atoms with E-state index in [1.165, 1.54) is 37.8 Å². The molecule has 106 valence electrons. The zero-order valence-corrected chi connectivity index (χ0v) is 11.1. The van der Waals surface area contributed by atoms with Crippen molar-refractivity contribution in [3.8, 4) is 0 Å². The van der Waals surface area contributed by atoms with Crippen LogP contribution in [0.15, 0.2) is 24.3 Å². The molecule has 1 aromatic carbocycles. The predicted octanol–water partition coefficient (Wildman–Crippen LogP) is 2.16. The van der Waals surface area contributed by atoms with Crippen molar-refractivity contribution in [1.82, 2.24) is 4.90 Å². The Bertz CT molecular complexity index is 526. The molecule has 0 atom stereocenters. The lowest BCUT2D eigenvalue weighted by Crippen LogP contribution is -2.36. The van der Waals surface area contributed by atoms with Gasteiger partial charge in [0.1, 0.15) is 0 Å². The van der Waals surface area contributed by atoms with E-state index in [1.807, 2.05) is 0 Å². The SMILES string of the molecule is O=C(CN1C2CCC1CC2)Nc1cccc([N+](=O)[O-])c1. The molecule has 1 amide bonds. The first-order chi connectivity index (χ1) is 9.63. The molecule has 6 nitrogen and oxygen atoms in total. The Morgan fingerprint density at radius 3 is 2.55 bits per heavy atom. The monoisotopic (exact) mass is 275 g/mol. The lowest BCUT2D eigenvalue weighted by molar-refractivity contribution is -0.384. The molecule has 0 aliphatic carbocycles. The number of nitro benzene ring substituents is 1. The number of hydrogen-bond donors (Lipinski definition) is 1. The predicted molar refractivity (Wildman–Crippen MR) is 74.5 cm³/mol. The molecule has 6 heteroatoms. The number of non-ortho nitro benzene ring substituents is 1. The maximum Gasteiger partial charge on any atom is 0.271 e. The molecule has 0 unspecified atom stereocenters. The van der Waals surface area contributed by atoms with Crippen LogP contribution in [0, 0.1) is 10.1 Å². The van der Waals surface area contributed by atoms with Crippen LogP contribution in [0.25, 0.3) is 0 Å². The lowest BCUT2D eigenvalue weighted by Gasteiger charge is -2.20. The second-order valence-electron chi connectivity index (χ2n) is 5.49. The van der Waals surface area contributed by atoms with E-state index in [1.54, 1.807) is 12.1 Å². The van der Waals surface area contributed by atoms with Crippen LogP contribution >= 0.6 is 0 Å². The van der Waals surface area contributed by atoms with Crippen LogP contribution < -0.4 is 5.32 Å². The van der Waals surface area contributed by atoms with Gasteiger partial charge in [-0.3, -0.25) is 19.8 Å². The normalized spacial score (nSPS) is 24.8. The molecule has 0 spiro atoms. The van der Waals surface area contributed by atoms with Gasteiger partial charge in [-0.1, -0.05) is 6.07 Å². The summed E-state index contributed by atoms with van der Waals surface area (Å²) in [7, 11) is 0. The summed E-state index contributed by atoms with van der Waals surface area (Å²) in [5.74, 6) is -0.0932. The fourth-order valence-electron chi connectivity index (χ4n) is 3.34. The molecule has 2 bridgehead atoms. The number of hydrogen-bond acceptors (Lipinski definition) is 4. The first kappa shape index (κ1) is 13.1. The molecule has 2 saturated heterocycles. The van der Waals surface area contributed by atoms with Gasteiger partial charge in [0, 0.05) is 29.9 Å². The first-order valence-corrected chi connectivity index (χ1v) is 6.93. The average molecular weight is 275 g/mol. The number of carbonyl (C=O) groups excluding carboxylic acids is 1. The van der Waals surface area contributed by atoms with Crippen LogP contribution in [0.4, 0.5) is 11.4 Å². The summed E-state index contributed by atoms with van der Waals surface area (Å²) in [4.78, 5) is 24.6. The second kappa shape index (κ2) is 5.20. The molecule has 2 aliphatic heterocycles. The van der Waals surface area contributed by atoms with Crippen molar-refractivity contribution in [1.29, 1.82) is 0 Å². The van der Waals surface area contributed by atoms with Crippen molar-refractivity contribution >= 4 is 17.3 Å². The summed E-state index contributed by atoms with van der Waals surface area (Å²) < 4.78 is 0. The van der Waals surface area contributed by atoms with Gasteiger partial charge in [-0.2, -0.15) is 0 Å². The number of carbonyl (C=O) groups is 1. The minimum Gasteiger partial charge on any atom is -0.325 e. The van der Waals surface area contributed by atoms with Gasteiger partial charge in [0.25, 0.3) is 5.69 Å². The molecule has 0 saturated carbocycles. The number of nitro groups is 1. The molecular formula is C14H17N3O3. The molecule has 20 heavy (non-hydrogen) atoms. The van der Waals surface area contributed by atoms with E-state index in [2.05, 4.69) is 10.2 Å². The first-order valence-electron chi connectivity index (χ1n) is 6.93. The van der Waals surface area contributed by atoms with Crippen LogP contribution in [0.2, 0.25) is 0 Å². The fourth-order valence-corrected chi connectivity index (χ4v) is 3.34. The van der Waals surface area contributed by atoms with Crippen molar-refractivity contribution in [2.75, 3.05) is 11.9 Å². The van der Waals surface area contributed by atoms with Gasteiger partial charge in [-0.05, 0) is 31.7 Å². The summed E-state index contributed by atoms with van der Waals surface area (Å²) >= 11 is 0. The van der Waals surface area contributed by atoms with Crippen LogP contribution in [0.3, 0.4) is 0 Å². The highest BCUT2D eigenvalue weighted by Crippen LogP contribution is 2.36. The number of nitrogens with zero attached hydrogens (tertiary/aromatic N) is 2. The zero-order valence-electron chi connectivity index (χ0n) is 11.1. The Morgan fingerprint density at radius 2 is 1.95 bits per heavy atom. The van der Waals surface area contributed by atoms with E-state index in [-0.39, 0.29) is 11.6 Å². The largest absolute Gasteiger partial charge is 0.325 e. The van der Waals surface area contributed by atoms with Gasteiger partial charge < -0.3 is 5.32 Å². The molecule has 2 fully saturated rings. The summed E-state index contributed by atoms with van der Waals surface area (Å²) in [6, 6.07) is 7.15. The highest BCUT2D eigenvalue weighted by atomic mass is 16.6. The molecule has 1 aromatic rings. The van der Waals surface area contributed by atoms with E-state index in [9.17, 15) is 14.9 Å². The number of benzene rings is 1. The maximum atomic E-state index is 12.0. The van der Waals surface area contributed by atoms with Crippen molar-refractivity contribution in [3.63, 3.8) is 0 Å². The van der Waals surface area contributed by atoms with E-state index >= 15 is 0 Å². The van der Waals surface area contributed by atoms with Gasteiger partial charge in [0.05, 0.1) is 11.5 Å². The number of amides is 1. The van der Waals surface area contributed by atoms with Gasteiger partial charge in [0.15, 0.2) is 0 Å². The molecule has 2 heterocycles. The zero-order chi connectivity index (χ0) is 14.1. The topological polar surface area (TPSA) is 75.5 Å². The van der Waals surface area contributed by atoms with Crippen LogP contribution in [0.5, 0.6) is 0 Å². The highest BCUT2D eigenvalue weighted by molar-refractivity contribution is 5.92. The molecule has 1 N–H and O–H groups in total. The van der Waals surface area contributed by atoms with E-state index in [4.69, 9.17) is 0 Å². The minimum atomic E-state index is -0.462. The number of nitrogens with one attached hydrogen (secondary N) is 1. The summed E-state index contributed by atoms with van der Waals surface area (Å²) in [5.41, 5.74) is 0.472. The Balaban J connectivity index is 1.61. The second-order valence-corrected chi connectivity index (χ2v) is 5.49. The highest BCUT2D eigenvalue weighted by Gasteiger charge is 2.39. The van der Waals surface area contributed by atoms with E-state index < -0.39 is 4.92 Å². The van der Waals surface area contributed by atoms with Crippen LogP contribution in [-0.2, 0) is 4.79 Å². The quantitative estimate of drug-likeness (QED) is 0.675. The maximum absolute atomic E-state index is 12.0. The lowest BCUT2D eigenvalue weighted by atomic mass is 10.0. The molecular weight excluding hydrogens is 258 g/mol. The smallest absolute Gasteiger partial charge is 0.271 e. The van der Waals surface area contributed by atoms with Crippen LogP contribution in [0.1, 0.15) is 25.7 Å². The Morgan fingerprint density at radius 1 is 1.30 bits per heavy atom.